The number of hydrogen-bond acceptors (Lipinski definition) is 4. The molecule has 0 N–H and O–H groups in total. The number of thioether (sulfide) groups is 1. The summed E-state index contributed by atoms with van der Waals surface area (Å²) in [6.07, 6.45) is 7.58. The molecule has 1 aliphatic rings. The van der Waals surface area contributed by atoms with Crippen LogP contribution in [-0.4, -0.2) is 17.3 Å². The van der Waals surface area contributed by atoms with Gasteiger partial charge >= 0.3 is 5.97 Å². The molecule has 2 nitrogen and oxygen atoms in total. The Morgan fingerprint density at radius 2 is 1.85 bits per heavy atom. The minimum absolute atomic E-state index is 0.136. The van der Waals surface area contributed by atoms with Gasteiger partial charge in [-0.3, -0.25) is 4.79 Å². The zero-order chi connectivity index (χ0) is 24.1. The first kappa shape index (κ1) is 25.9. The Morgan fingerprint density at radius 1 is 1.06 bits per heavy atom. The van der Waals surface area contributed by atoms with E-state index in [0.717, 1.165) is 22.6 Å². The number of carbonyl (C=O) groups excluding carboxylic acids is 1. The Labute approximate surface area is 208 Å². The van der Waals surface area contributed by atoms with E-state index in [-0.39, 0.29) is 16.1 Å². The van der Waals surface area contributed by atoms with Gasteiger partial charge in [-0.25, -0.2) is 0 Å². The smallest absolute Gasteiger partial charge is 0.311 e. The first-order chi connectivity index (χ1) is 15.6. The van der Waals surface area contributed by atoms with Gasteiger partial charge in [-0.1, -0.05) is 65.7 Å². The molecule has 0 bridgehead atoms. The minimum Gasteiger partial charge on any atom is -0.466 e. The summed E-state index contributed by atoms with van der Waals surface area (Å²) in [7, 11) is 0. The third-order valence-corrected chi connectivity index (χ3v) is 8.35. The van der Waals surface area contributed by atoms with Crippen molar-refractivity contribution in [2.45, 2.75) is 102 Å². The summed E-state index contributed by atoms with van der Waals surface area (Å²) in [6.45, 7) is 14.0. The predicted octanol–water partition coefficient (Wildman–Crippen LogP) is 7.93. The van der Waals surface area contributed by atoms with Crippen molar-refractivity contribution in [3.8, 4) is 11.8 Å². The number of rotatable bonds is 8. The molecule has 4 heteroatoms. The molecule has 0 aliphatic carbocycles. The summed E-state index contributed by atoms with van der Waals surface area (Å²) in [5.41, 5.74) is 4.11. The summed E-state index contributed by atoms with van der Waals surface area (Å²) in [5.74, 6) is 6.72. The SMILES string of the molecule is CCCCCCc1cc2c(cc1C#Cc1ccc(CC(=O)OCC)s1)C(C)(C)CC(C)(C)S2. The van der Waals surface area contributed by atoms with Crippen LogP contribution in [0.25, 0.3) is 0 Å². The quantitative estimate of drug-likeness (QED) is 0.217. The van der Waals surface area contributed by atoms with Crippen molar-refractivity contribution in [1.29, 1.82) is 0 Å². The van der Waals surface area contributed by atoms with Crippen LogP contribution in [0, 0.1) is 11.8 Å². The van der Waals surface area contributed by atoms with Gasteiger partial charge in [-0.2, -0.15) is 0 Å². The summed E-state index contributed by atoms with van der Waals surface area (Å²) in [4.78, 5) is 15.2. The molecule has 1 aliphatic heterocycles. The molecule has 0 spiro atoms. The zero-order valence-corrected chi connectivity index (χ0v) is 22.7. The monoisotopic (exact) mass is 482 g/mol. The number of unbranched alkanes of at least 4 members (excludes halogenated alkanes) is 3. The maximum Gasteiger partial charge on any atom is 0.311 e. The molecule has 0 saturated heterocycles. The highest BCUT2D eigenvalue weighted by Gasteiger charge is 2.38. The molecule has 2 aromatic rings. The van der Waals surface area contributed by atoms with E-state index in [1.54, 1.807) is 11.3 Å². The average molecular weight is 483 g/mol. The van der Waals surface area contributed by atoms with Gasteiger partial charge in [0.05, 0.1) is 17.9 Å². The van der Waals surface area contributed by atoms with Crippen molar-refractivity contribution in [1.82, 2.24) is 0 Å². The highest BCUT2D eigenvalue weighted by atomic mass is 32.2. The topological polar surface area (TPSA) is 26.3 Å². The van der Waals surface area contributed by atoms with Crippen LogP contribution in [0.15, 0.2) is 29.2 Å². The van der Waals surface area contributed by atoms with Crippen LogP contribution >= 0.6 is 23.1 Å². The summed E-state index contributed by atoms with van der Waals surface area (Å²) >= 11 is 3.61. The predicted molar refractivity (Wildman–Crippen MR) is 143 cm³/mol. The van der Waals surface area contributed by atoms with Gasteiger partial charge in [0, 0.05) is 20.1 Å². The lowest BCUT2D eigenvalue weighted by Gasteiger charge is -2.42. The highest BCUT2D eigenvalue weighted by molar-refractivity contribution is 8.00. The number of ether oxygens (including phenoxy) is 1. The van der Waals surface area contributed by atoms with Gasteiger partial charge in [0.15, 0.2) is 0 Å². The minimum atomic E-state index is -0.175. The van der Waals surface area contributed by atoms with E-state index in [1.807, 2.05) is 30.8 Å². The number of fused-ring (bicyclic) bond motifs is 1. The number of hydrogen-bond donors (Lipinski definition) is 0. The zero-order valence-electron chi connectivity index (χ0n) is 21.1. The summed E-state index contributed by atoms with van der Waals surface area (Å²) < 4.78 is 5.32. The molecular formula is C29H38O2S2. The number of aryl methyl sites for hydroxylation is 1. The lowest BCUT2D eigenvalue weighted by Crippen LogP contribution is -2.33. The molecule has 0 amide bonds. The second kappa shape index (κ2) is 11.2. The second-order valence-corrected chi connectivity index (χ2v) is 13.2. The molecule has 3 rings (SSSR count). The number of benzene rings is 1. The largest absolute Gasteiger partial charge is 0.466 e. The fourth-order valence-electron chi connectivity index (χ4n) is 4.82. The molecule has 0 atom stereocenters. The average Bonchev–Trinajstić information content (AvgIpc) is 3.15. The summed E-state index contributed by atoms with van der Waals surface area (Å²) in [5, 5.41) is 0. The number of thiophene rings is 1. The summed E-state index contributed by atoms with van der Waals surface area (Å²) in [6, 6.07) is 8.81. The van der Waals surface area contributed by atoms with Gasteiger partial charge < -0.3 is 4.74 Å². The van der Waals surface area contributed by atoms with E-state index in [9.17, 15) is 4.79 Å². The Balaban J connectivity index is 1.91. The van der Waals surface area contributed by atoms with Crippen molar-refractivity contribution < 1.29 is 9.53 Å². The van der Waals surface area contributed by atoms with Crippen molar-refractivity contribution in [2.75, 3.05) is 6.61 Å². The van der Waals surface area contributed by atoms with Gasteiger partial charge in [0.1, 0.15) is 0 Å². The van der Waals surface area contributed by atoms with E-state index >= 15 is 0 Å². The van der Waals surface area contributed by atoms with Gasteiger partial charge in [0.2, 0.25) is 0 Å². The van der Waals surface area contributed by atoms with Crippen LogP contribution in [-0.2, 0) is 27.8 Å². The Morgan fingerprint density at radius 3 is 2.58 bits per heavy atom. The Hall–Kier alpha value is -1.70. The van der Waals surface area contributed by atoms with Crippen LogP contribution in [0.2, 0.25) is 0 Å². The van der Waals surface area contributed by atoms with E-state index in [1.165, 1.54) is 47.3 Å². The molecule has 178 valence electrons. The fraction of sp³-hybridized carbons (Fsp3) is 0.552. The van der Waals surface area contributed by atoms with Crippen molar-refractivity contribution >= 4 is 29.1 Å². The first-order valence-electron chi connectivity index (χ1n) is 12.3. The Bertz CT molecular complexity index is 1030. The lowest BCUT2D eigenvalue weighted by atomic mass is 9.76. The van der Waals surface area contributed by atoms with E-state index < -0.39 is 0 Å². The number of esters is 1. The van der Waals surface area contributed by atoms with Crippen LogP contribution in [0.4, 0.5) is 0 Å². The normalized spacial score (nSPS) is 15.9. The molecule has 0 radical (unpaired) electrons. The third-order valence-electron chi connectivity index (χ3n) is 6.09. The van der Waals surface area contributed by atoms with Crippen LogP contribution in [0.5, 0.6) is 0 Å². The molecule has 0 saturated carbocycles. The van der Waals surface area contributed by atoms with Crippen molar-refractivity contribution in [3.05, 3.63) is 50.7 Å². The van der Waals surface area contributed by atoms with Crippen molar-refractivity contribution in [2.24, 2.45) is 0 Å². The molecule has 1 aromatic heterocycles. The maximum absolute atomic E-state index is 11.8. The lowest BCUT2D eigenvalue weighted by molar-refractivity contribution is -0.142. The fourth-order valence-corrected chi connectivity index (χ4v) is 7.34. The van der Waals surface area contributed by atoms with Gasteiger partial charge in [0.25, 0.3) is 0 Å². The maximum atomic E-state index is 11.8. The molecule has 1 aromatic carbocycles. The van der Waals surface area contributed by atoms with Gasteiger partial charge in [-0.15, -0.1) is 23.1 Å². The van der Waals surface area contributed by atoms with E-state index in [2.05, 4.69) is 58.6 Å². The Kier molecular flexibility index (Phi) is 8.76. The standard InChI is InChI=1S/C29H38O2S2/c1-7-9-10-11-12-21-18-26-25(28(3,4)20-29(5,6)33-26)17-22(21)13-14-23-15-16-24(32-23)19-27(30)31-8-2/h15-18H,7-12,19-20H2,1-6H3. The van der Waals surface area contributed by atoms with Crippen LogP contribution < -0.4 is 0 Å². The molecule has 33 heavy (non-hydrogen) atoms. The van der Waals surface area contributed by atoms with Crippen molar-refractivity contribution in [3.63, 3.8) is 0 Å². The van der Waals surface area contributed by atoms with E-state index in [0.29, 0.717) is 13.0 Å². The molecular weight excluding hydrogens is 444 g/mol. The second-order valence-electron chi connectivity index (χ2n) is 10.2. The number of carbonyl (C=O) groups is 1. The van der Waals surface area contributed by atoms with E-state index in [4.69, 9.17) is 4.74 Å². The third kappa shape index (κ3) is 7.14. The molecule has 0 fully saturated rings. The van der Waals surface area contributed by atoms with Crippen LogP contribution in [0.1, 0.15) is 100 Å². The van der Waals surface area contributed by atoms with Crippen LogP contribution in [0.3, 0.4) is 0 Å². The van der Waals surface area contributed by atoms with Gasteiger partial charge in [-0.05, 0) is 67.0 Å². The highest BCUT2D eigenvalue weighted by Crippen LogP contribution is 2.51. The molecule has 0 unspecified atom stereocenters. The first-order valence-corrected chi connectivity index (χ1v) is 13.9. The molecule has 2 heterocycles.